The number of esters is 1. The van der Waals surface area contributed by atoms with E-state index in [1.807, 2.05) is 0 Å². The van der Waals surface area contributed by atoms with Gasteiger partial charge in [-0.05, 0) is 18.4 Å². The number of hydrogen-bond acceptors (Lipinski definition) is 5. The van der Waals surface area contributed by atoms with Crippen LogP contribution in [0.15, 0.2) is 11.4 Å². The summed E-state index contributed by atoms with van der Waals surface area (Å²) < 4.78 is 4.83. The number of nitrogens with zero attached hydrogens (tertiary/aromatic N) is 1. The molecule has 0 fully saturated rings. The molecule has 1 amide bonds. The highest BCUT2D eigenvalue weighted by Crippen LogP contribution is 2.18. The minimum atomic E-state index is -0.314. The Balaban J connectivity index is 2.65. The van der Waals surface area contributed by atoms with Gasteiger partial charge in [0.15, 0.2) is 0 Å². The summed E-state index contributed by atoms with van der Waals surface area (Å²) >= 11 is 1.32. The molecule has 0 saturated carbocycles. The first kappa shape index (κ1) is 17.2. The summed E-state index contributed by atoms with van der Waals surface area (Å²) in [6, 6.07) is 1.78. The Kier molecular flexibility index (Phi) is 7.51. The second-order valence-corrected chi connectivity index (χ2v) is 5.14. The molecule has 0 aromatic carbocycles. The van der Waals surface area contributed by atoms with E-state index in [1.165, 1.54) is 16.2 Å². The molecule has 0 atom stereocenters. The van der Waals surface area contributed by atoms with Gasteiger partial charge in [0.05, 0.1) is 19.6 Å². The Morgan fingerprint density at radius 1 is 1.48 bits per heavy atom. The largest absolute Gasteiger partial charge is 0.466 e. The SMILES string of the molecule is CCOC(=O)CCN(C)C(=O)c1sccc1C#CCCO. The average Bonchev–Trinajstić information content (AvgIpc) is 2.93. The molecule has 0 aliphatic heterocycles. The number of carbonyl (C=O) groups is 2. The molecule has 0 aliphatic carbocycles. The van der Waals surface area contributed by atoms with E-state index in [1.54, 1.807) is 25.4 Å². The third-order valence-electron chi connectivity index (χ3n) is 2.62. The molecule has 1 rings (SSSR count). The fourth-order valence-electron chi connectivity index (χ4n) is 1.55. The van der Waals surface area contributed by atoms with Crippen LogP contribution in [0.4, 0.5) is 0 Å². The molecule has 0 radical (unpaired) electrons. The fraction of sp³-hybridized carbons (Fsp3) is 0.467. The standard InChI is InChI=1S/C15H19NO4S/c1-3-20-13(18)7-9-16(2)15(19)14-12(8-11-21-14)6-4-5-10-17/h8,11,17H,3,5,7,9-10H2,1-2H3. The van der Waals surface area contributed by atoms with Gasteiger partial charge in [-0.2, -0.15) is 0 Å². The van der Waals surface area contributed by atoms with Crippen molar-refractivity contribution in [3.63, 3.8) is 0 Å². The molecule has 6 heteroatoms. The Hall–Kier alpha value is -1.84. The van der Waals surface area contributed by atoms with Crippen molar-refractivity contribution in [2.24, 2.45) is 0 Å². The van der Waals surface area contributed by atoms with Gasteiger partial charge in [-0.25, -0.2) is 0 Å². The highest BCUT2D eigenvalue weighted by molar-refractivity contribution is 7.12. The van der Waals surface area contributed by atoms with Crippen LogP contribution in [0.25, 0.3) is 0 Å². The number of hydrogen-bond donors (Lipinski definition) is 1. The van der Waals surface area contributed by atoms with E-state index in [2.05, 4.69) is 11.8 Å². The zero-order valence-electron chi connectivity index (χ0n) is 12.2. The summed E-state index contributed by atoms with van der Waals surface area (Å²) in [6.45, 7) is 2.39. The van der Waals surface area contributed by atoms with Crippen LogP contribution in [0.2, 0.25) is 0 Å². The van der Waals surface area contributed by atoms with Crippen molar-refractivity contribution in [2.75, 3.05) is 26.8 Å². The molecule has 0 saturated heterocycles. The van der Waals surface area contributed by atoms with Crippen LogP contribution in [-0.2, 0) is 9.53 Å². The van der Waals surface area contributed by atoms with Gasteiger partial charge in [-0.1, -0.05) is 11.8 Å². The van der Waals surface area contributed by atoms with Crippen molar-refractivity contribution in [1.82, 2.24) is 4.90 Å². The summed E-state index contributed by atoms with van der Waals surface area (Å²) in [4.78, 5) is 25.6. The normalized spacial score (nSPS) is 9.67. The second-order valence-electron chi connectivity index (χ2n) is 4.22. The van der Waals surface area contributed by atoms with Gasteiger partial charge < -0.3 is 14.7 Å². The van der Waals surface area contributed by atoms with Crippen LogP contribution in [0.3, 0.4) is 0 Å². The monoisotopic (exact) mass is 309 g/mol. The molecule has 5 nitrogen and oxygen atoms in total. The summed E-state index contributed by atoms with van der Waals surface area (Å²) in [5, 5.41) is 10.5. The zero-order chi connectivity index (χ0) is 15.7. The topological polar surface area (TPSA) is 66.8 Å². The first-order valence-corrected chi connectivity index (χ1v) is 7.56. The fourth-order valence-corrected chi connectivity index (χ4v) is 2.40. The van der Waals surface area contributed by atoms with Crippen LogP contribution in [0.5, 0.6) is 0 Å². The van der Waals surface area contributed by atoms with Gasteiger partial charge in [0.25, 0.3) is 5.91 Å². The molecule has 0 aliphatic rings. The highest BCUT2D eigenvalue weighted by atomic mass is 32.1. The maximum atomic E-state index is 12.3. The van der Waals surface area contributed by atoms with Gasteiger partial charge in [0.1, 0.15) is 4.88 Å². The molecule has 1 aromatic heterocycles. The van der Waals surface area contributed by atoms with E-state index in [9.17, 15) is 9.59 Å². The molecule has 1 N–H and O–H groups in total. The lowest BCUT2D eigenvalue weighted by molar-refractivity contribution is -0.143. The molecular weight excluding hydrogens is 290 g/mol. The average molecular weight is 309 g/mol. The van der Waals surface area contributed by atoms with Crippen LogP contribution in [0.1, 0.15) is 35.0 Å². The number of aliphatic hydroxyl groups is 1. The van der Waals surface area contributed by atoms with Crippen LogP contribution in [0, 0.1) is 11.8 Å². The van der Waals surface area contributed by atoms with Crippen LogP contribution < -0.4 is 0 Å². The first-order chi connectivity index (χ1) is 10.1. The van der Waals surface area contributed by atoms with Gasteiger partial charge in [0, 0.05) is 25.6 Å². The van der Waals surface area contributed by atoms with Gasteiger partial charge in [-0.15, -0.1) is 11.3 Å². The van der Waals surface area contributed by atoms with E-state index in [0.717, 1.165) is 0 Å². The second kappa shape index (κ2) is 9.16. The lowest BCUT2D eigenvalue weighted by Gasteiger charge is -2.15. The van der Waals surface area contributed by atoms with Crippen molar-refractivity contribution in [2.45, 2.75) is 19.8 Å². The maximum Gasteiger partial charge on any atom is 0.307 e. The minimum absolute atomic E-state index is 0.000139. The van der Waals surface area contributed by atoms with Crippen molar-refractivity contribution < 1.29 is 19.4 Å². The van der Waals surface area contributed by atoms with Gasteiger partial charge in [0.2, 0.25) is 0 Å². The maximum absolute atomic E-state index is 12.3. The van der Waals surface area contributed by atoms with Gasteiger partial charge >= 0.3 is 5.97 Å². The van der Waals surface area contributed by atoms with Crippen molar-refractivity contribution in [1.29, 1.82) is 0 Å². The molecule has 21 heavy (non-hydrogen) atoms. The number of ether oxygens (including phenoxy) is 1. The van der Waals surface area contributed by atoms with E-state index in [-0.39, 0.29) is 24.9 Å². The molecule has 0 bridgehead atoms. The summed E-state index contributed by atoms with van der Waals surface area (Å²) in [7, 11) is 1.65. The summed E-state index contributed by atoms with van der Waals surface area (Å²) in [6.07, 6.45) is 0.551. The third-order valence-corrected chi connectivity index (χ3v) is 3.53. The Morgan fingerprint density at radius 2 is 2.24 bits per heavy atom. The number of thiophene rings is 1. The number of aliphatic hydroxyl groups excluding tert-OH is 1. The Morgan fingerprint density at radius 3 is 2.90 bits per heavy atom. The van der Waals surface area contributed by atoms with Crippen molar-refractivity contribution in [3.05, 3.63) is 21.9 Å². The molecule has 1 heterocycles. The molecular formula is C15H19NO4S. The summed E-state index contributed by atoms with van der Waals surface area (Å²) in [5.74, 6) is 5.20. The van der Waals surface area contributed by atoms with Crippen molar-refractivity contribution in [3.8, 4) is 11.8 Å². The first-order valence-electron chi connectivity index (χ1n) is 6.68. The predicted molar refractivity (Wildman–Crippen MR) is 81.1 cm³/mol. The molecule has 0 unspecified atom stereocenters. The molecule has 114 valence electrons. The van der Waals surface area contributed by atoms with Gasteiger partial charge in [-0.3, -0.25) is 9.59 Å². The van der Waals surface area contributed by atoms with E-state index in [4.69, 9.17) is 9.84 Å². The van der Waals surface area contributed by atoms with Crippen LogP contribution >= 0.6 is 11.3 Å². The zero-order valence-corrected chi connectivity index (χ0v) is 13.0. The number of amides is 1. The number of rotatable bonds is 6. The minimum Gasteiger partial charge on any atom is -0.466 e. The lowest BCUT2D eigenvalue weighted by atomic mass is 10.2. The molecule has 0 spiro atoms. The predicted octanol–water partition coefficient (Wildman–Crippen LogP) is 1.51. The van der Waals surface area contributed by atoms with Crippen molar-refractivity contribution >= 4 is 23.2 Å². The number of carbonyl (C=O) groups excluding carboxylic acids is 2. The van der Waals surface area contributed by atoms with E-state index >= 15 is 0 Å². The highest BCUT2D eigenvalue weighted by Gasteiger charge is 2.17. The third kappa shape index (κ3) is 5.58. The smallest absolute Gasteiger partial charge is 0.307 e. The van der Waals surface area contributed by atoms with E-state index < -0.39 is 0 Å². The van der Waals surface area contributed by atoms with Crippen LogP contribution in [-0.4, -0.2) is 48.7 Å². The lowest BCUT2D eigenvalue weighted by Crippen LogP contribution is -2.29. The summed E-state index contributed by atoms with van der Waals surface area (Å²) in [5.41, 5.74) is 0.654. The van der Waals surface area contributed by atoms with E-state index in [0.29, 0.717) is 30.0 Å². The Bertz CT molecular complexity index is 541. The Labute approximate surface area is 128 Å². The molecule has 1 aromatic rings. The quantitative estimate of drug-likeness (QED) is 0.639.